The van der Waals surface area contributed by atoms with E-state index in [2.05, 4.69) is 25.8 Å². The van der Waals surface area contributed by atoms with Gasteiger partial charge in [-0.15, -0.1) is 0 Å². The SMILES string of the molecule is O=C(NCC1CN(C(=O)c2cn[nH]c(=O)c2)CCC12CCOCC2)c1ccc2nonc2c1. The minimum absolute atomic E-state index is 0.00525. The van der Waals surface area contributed by atoms with Crippen LogP contribution >= 0.6 is 0 Å². The first-order valence-corrected chi connectivity index (χ1v) is 11.0. The Balaban J connectivity index is 1.32. The number of likely N-dealkylation sites (tertiary alicyclic amines) is 1. The van der Waals surface area contributed by atoms with Gasteiger partial charge in [0.1, 0.15) is 11.0 Å². The molecule has 4 heterocycles. The molecule has 2 amide bonds. The predicted molar refractivity (Wildman–Crippen MR) is 115 cm³/mol. The number of nitrogens with one attached hydrogen (secondary N) is 2. The summed E-state index contributed by atoms with van der Waals surface area (Å²) in [7, 11) is 0. The maximum Gasteiger partial charge on any atom is 0.264 e. The molecule has 0 aliphatic carbocycles. The normalized spacial score (nSPS) is 20.1. The van der Waals surface area contributed by atoms with Gasteiger partial charge < -0.3 is 15.0 Å². The molecule has 33 heavy (non-hydrogen) atoms. The van der Waals surface area contributed by atoms with Crippen LogP contribution in [-0.4, -0.2) is 70.1 Å². The number of amides is 2. The Labute approximate surface area is 188 Å². The molecule has 0 radical (unpaired) electrons. The van der Waals surface area contributed by atoms with Crippen LogP contribution in [0.4, 0.5) is 0 Å². The number of H-pyrrole nitrogens is 1. The van der Waals surface area contributed by atoms with E-state index in [0.29, 0.717) is 49.4 Å². The third-order valence-corrected chi connectivity index (χ3v) is 6.90. The van der Waals surface area contributed by atoms with Gasteiger partial charge in [-0.1, -0.05) is 0 Å². The second-order valence-electron chi connectivity index (χ2n) is 8.68. The van der Waals surface area contributed by atoms with Crippen molar-refractivity contribution in [2.75, 3.05) is 32.8 Å². The molecule has 2 fully saturated rings. The molecule has 0 bridgehead atoms. The minimum Gasteiger partial charge on any atom is -0.381 e. The molecule has 1 unspecified atom stereocenters. The number of carbonyl (C=O) groups is 2. The average molecular weight is 452 g/mol. The number of nitrogens with zero attached hydrogens (tertiary/aromatic N) is 4. The van der Waals surface area contributed by atoms with E-state index in [1.165, 1.54) is 12.3 Å². The predicted octanol–water partition coefficient (Wildman–Crippen LogP) is 0.995. The molecule has 2 saturated heterocycles. The Hall–Kier alpha value is -3.60. The summed E-state index contributed by atoms with van der Waals surface area (Å²) in [6, 6.07) is 6.28. The second kappa shape index (κ2) is 8.74. The Bertz CT molecular complexity index is 1230. The van der Waals surface area contributed by atoms with Crippen molar-refractivity contribution >= 4 is 22.8 Å². The first kappa shape index (κ1) is 21.3. The van der Waals surface area contributed by atoms with Crippen molar-refractivity contribution < 1.29 is 19.0 Å². The average Bonchev–Trinajstić information content (AvgIpc) is 3.31. The van der Waals surface area contributed by atoms with Crippen LogP contribution in [0, 0.1) is 11.3 Å². The van der Waals surface area contributed by atoms with Gasteiger partial charge in [0, 0.05) is 44.5 Å². The quantitative estimate of drug-likeness (QED) is 0.597. The number of rotatable bonds is 4. The second-order valence-corrected chi connectivity index (χ2v) is 8.68. The van der Waals surface area contributed by atoms with Gasteiger partial charge in [-0.3, -0.25) is 14.4 Å². The third kappa shape index (κ3) is 4.23. The van der Waals surface area contributed by atoms with Crippen LogP contribution in [0.1, 0.15) is 40.0 Å². The number of benzene rings is 1. The highest BCUT2D eigenvalue weighted by atomic mass is 16.6. The van der Waals surface area contributed by atoms with Crippen LogP contribution in [0.15, 0.2) is 39.9 Å². The molecule has 11 heteroatoms. The van der Waals surface area contributed by atoms with Crippen molar-refractivity contribution in [1.29, 1.82) is 0 Å². The van der Waals surface area contributed by atoms with E-state index in [1.54, 1.807) is 23.1 Å². The molecular weight excluding hydrogens is 428 g/mol. The summed E-state index contributed by atoms with van der Waals surface area (Å²) < 4.78 is 10.3. The number of ether oxygens (including phenoxy) is 1. The monoisotopic (exact) mass is 452 g/mol. The van der Waals surface area contributed by atoms with Gasteiger partial charge in [-0.05, 0) is 59.1 Å². The summed E-state index contributed by atoms with van der Waals surface area (Å²) >= 11 is 0. The van der Waals surface area contributed by atoms with Gasteiger partial charge in [0.05, 0.1) is 11.8 Å². The van der Waals surface area contributed by atoms with Gasteiger partial charge in [0.15, 0.2) is 0 Å². The van der Waals surface area contributed by atoms with Crippen molar-refractivity contribution in [2.24, 2.45) is 11.3 Å². The molecule has 0 saturated carbocycles. The van der Waals surface area contributed by atoms with Crippen LogP contribution in [0.3, 0.4) is 0 Å². The lowest BCUT2D eigenvalue weighted by Gasteiger charge is -2.50. The molecule has 11 nitrogen and oxygen atoms in total. The number of aromatic nitrogens is 4. The zero-order valence-electron chi connectivity index (χ0n) is 18.0. The molecule has 2 N–H and O–H groups in total. The number of piperidine rings is 1. The fraction of sp³-hybridized carbons (Fsp3) is 0.455. The number of hydrogen-bond acceptors (Lipinski definition) is 8. The van der Waals surface area contributed by atoms with Crippen molar-refractivity contribution in [3.63, 3.8) is 0 Å². The van der Waals surface area contributed by atoms with Gasteiger partial charge in [-0.2, -0.15) is 5.10 Å². The molecule has 2 aliphatic rings. The molecule has 5 rings (SSSR count). The number of hydrogen-bond donors (Lipinski definition) is 2. The highest BCUT2D eigenvalue weighted by Crippen LogP contribution is 2.44. The summed E-state index contributed by atoms with van der Waals surface area (Å²) in [6.07, 6.45) is 3.96. The van der Waals surface area contributed by atoms with Gasteiger partial charge in [0.25, 0.3) is 17.4 Å². The standard InChI is InChI=1S/C22H24N6O5/c29-19-10-15(11-24-25-19)21(31)28-6-3-22(4-7-32-8-5-22)16(13-28)12-23-20(30)14-1-2-17-18(9-14)27-33-26-17/h1-2,9-11,16H,3-8,12-13H2,(H,23,30)(H,25,29). The van der Waals surface area contributed by atoms with E-state index in [0.717, 1.165) is 19.3 Å². The maximum absolute atomic E-state index is 13.0. The van der Waals surface area contributed by atoms with Crippen molar-refractivity contribution in [3.05, 3.63) is 51.9 Å². The van der Waals surface area contributed by atoms with Crippen LogP contribution in [0.5, 0.6) is 0 Å². The van der Waals surface area contributed by atoms with Gasteiger partial charge in [-0.25, -0.2) is 9.73 Å². The Kier molecular flexibility index (Phi) is 5.63. The zero-order chi connectivity index (χ0) is 22.8. The molecule has 1 atom stereocenters. The van der Waals surface area contributed by atoms with E-state index in [4.69, 9.17) is 9.37 Å². The topological polar surface area (TPSA) is 143 Å². The van der Waals surface area contributed by atoms with E-state index >= 15 is 0 Å². The van der Waals surface area contributed by atoms with E-state index in [1.807, 2.05) is 0 Å². The Morgan fingerprint density at radius 1 is 1.12 bits per heavy atom. The minimum atomic E-state index is -0.415. The number of carbonyl (C=O) groups excluding carboxylic acids is 2. The summed E-state index contributed by atoms with van der Waals surface area (Å²) in [4.78, 5) is 39.2. The molecule has 172 valence electrons. The fourth-order valence-electron chi connectivity index (χ4n) is 4.93. The molecule has 3 aromatic rings. The van der Waals surface area contributed by atoms with Crippen LogP contribution in [0.25, 0.3) is 11.0 Å². The van der Waals surface area contributed by atoms with E-state index < -0.39 is 5.56 Å². The third-order valence-electron chi connectivity index (χ3n) is 6.90. The lowest BCUT2D eigenvalue weighted by molar-refractivity contribution is -0.0526. The largest absolute Gasteiger partial charge is 0.381 e. The summed E-state index contributed by atoms with van der Waals surface area (Å²) in [5.74, 6) is -0.393. The smallest absolute Gasteiger partial charge is 0.264 e. The van der Waals surface area contributed by atoms with Gasteiger partial charge >= 0.3 is 0 Å². The lowest BCUT2D eigenvalue weighted by atomic mass is 9.65. The summed E-state index contributed by atoms with van der Waals surface area (Å²) in [5.41, 5.74) is 1.42. The zero-order valence-corrected chi connectivity index (χ0v) is 18.0. The van der Waals surface area contributed by atoms with Crippen LogP contribution < -0.4 is 10.9 Å². The summed E-state index contributed by atoms with van der Waals surface area (Å²) in [6.45, 7) is 2.84. The van der Waals surface area contributed by atoms with Crippen molar-refractivity contribution in [3.8, 4) is 0 Å². The highest BCUT2D eigenvalue weighted by Gasteiger charge is 2.45. The fourth-order valence-corrected chi connectivity index (χ4v) is 4.93. The highest BCUT2D eigenvalue weighted by molar-refractivity contribution is 5.97. The van der Waals surface area contributed by atoms with Crippen molar-refractivity contribution in [2.45, 2.75) is 19.3 Å². The Morgan fingerprint density at radius 3 is 2.76 bits per heavy atom. The molecule has 1 spiro atoms. The number of aromatic amines is 1. The molecular formula is C22H24N6O5. The molecule has 1 aromatic carbocycles. The van der Waals surface area contributed by atoms with Gasteiger partial charge in [0.2, 0.25) is 0 Å². The van der Waals surface area contributed by atoms with Crippen molar-refractivity contribution in [1.82, 2.24) is 30.7 Å². The molecule has 2 aromatic heterocycles. The number of fused-ring (bicyclic) bond motifs is 1. The first-order valence-electron chi connectivity index (χ1n) is 11.0. The molecule has 2 aliphatic heterocycles. The maximum atomic E-state index is 13.0. The summed E-state index contributed by atoms with van der Waals surface area (Å²) in [5, 5.41) is 16.6. The van der Waals surface area contributed by atoms with E-state index in [-0.39, 0.29) is 28.7 Å². The Morgan fingerprint density at radius 2 is 1.94 bits per heavy atom. The lowest BCUT2D eigenvalue weighted by Crippen LogP contribution is -2.54. The van der Waals surface area contributed by atoms with E-state index in [9.17, 15) is 14.4 Å². The first-order chi connectivity index (χ1) is 16.0. The van der Waals surface area contributed by atoms with Crippen LogP contribution in [0.2, 0.25) is 0 Å². The van der Waals surface area contributed by atoms with Crippen LogP contribution in [-0.2, 0) is 4.74 Å².